The van der Waals surface area contributed by atoms with Crippen LogP contribution in [0.5, 0.6) is 0 Å². The highest BCUT2D eigenvalue weighted by atomic mass is 16.7. The summed E-state index contributed by atoms with van der Waals surface area (Å²) in [6, 6.07) is 0. The highest BCUT2D eigenvalue weighted by Crippen LogP contribution is 2.00. The molecule has 0 aromatic heterocycles. The van der Waals surface area contributed by atoms with Crippen LogP contribution in [0.25, 0.3) is 0 Å². The molecule has 0 amide bonds. The number of rotatable bonds is 4. The quantitative estimate of drug-likeness (QED) is 0.464. The van der Waals surface area contributed by atoms with E-state index in [1.54, 1.807) is 13.0 Å². The van der Waals surface area contributed by atoms with E-state index in [1.807, 2.05) is 6.92 Å². The molecule has 0 aromatic carbocycles. The Morgan fingerprint density at radius 2 is 2.27 bits per heavy atom. The fraction of sp³-hybridized carbons (Fsp3) is 0.625. The zero-order valence-electron chi connectivity index (χ0n) is 7.00. The van der Waals surface area contributed by atoms with Crippen molar-refractivity contribution in [1.29, 1.82) is 0 Å². The Bertz CT molecular complexity index is 131. The first kappa shape index (κ1) is 10.0. The standard InChI is InChI=1S/C8H14O3/c1-4-7(5-2)11-8(9)10-6-3/h4,7H,1,5-6H2,2-3H3. The van der Waals surface area contributed by atoms with Crippen molar-refractivity contribution < 1.29 is 14.3 Å². The second kappa shape index (κ2) is 5.77. The SMILES string of the molecule is C=CC(CC)OC(=O)OCC. The van der Waals surface area contributed by atoms with Gasteiger partial charge in [0.15, 0.2) is 0 Å². The minimum atomic E-state index is -0.626. The van der Waals surface area contributed by atoms with Gasteiger partial charge in [0.25, 0.3) is 0 Å². The molecule has 0 aromatic rings. The molecule has 3 nitrogen and oxygen atoms in total. The molecular formula is C8H14O3. The largest absolute Gasteiger partial charge is 0.508 e. The summed E-state index contributed by atoms with van der Waals surface area (Å²) in [7, 11) is 0. The van der Waals surface area contributed by atoms with Crippen LogP contribution < -0.4 is 0 Å². The van der Waals surface area contributed by atoms with Crippen LogP contribution in [0, 0.1) is 0 Å². The van der Waals surface area contributed by atoms with E-state index in [0.29, 0.717) is 6.61 Å². The maximum absolute atomic E-state index is 10.7. The first-order chi connectivity index (χ1) is 5.24. The number of ether oxygens (including phenoxy) is 2. The lowest BCUT2D eigenvalue weighted by atomic mass is 10.3. The molecule has 0 aliphatic heterocycles. The molecule has 0 radical (unpaired) electrons. The molecule has 0 aliphatic rings. The molecule has 0 saturated carbocycles. The lowest BCUT2D eigenvalue weighted by Gasteiger charge is -2.10. The van der Waals surface area contributed by atoms with Gasteiger partial charge in [0.2, 0.25) is 0 Å². The highest BCUT2D eigenvalue weighted by Gasteiger charge is 2.08. The van der Waals surface area contributed by atoms with Crippen molar-refractivity contribution in [3.63, 3.8) is 0 Å². The van der Waals surface area contributed by atoms with E-state index < -0.39 is 6.16 Å². The van der Waals surface area contributed by atoms with Gasteiger partial charge in [0, 0.05) is 0 Å². The number of carbonyl (C=O) groups is 1. The lowest BCUT2D eigenvalue weighted by Crippen LogP contribution is -2.15. The fourth-order valence-corrected chi connectivity index (χ4v) is 0.574. The molecular weight excluding hydrogens is 144 g/mol. The molecule has 11 heavy (non-hydrogen) atoms. The van der Waals surface area contributed by atoms with Crippen LogP contribution in [0.2, 0.25) is 0 Å². The van der Waals surface area contributed by atoms with E-state index >= 15 is 0 Å². The number of hydrogen-bond donors (Lipinski definition) is 0. The van der Waals surface area contributed by atoms with Gasteiger partial charge < -0.3 is 9.47 Å². The monoisotopic (exact) mass is 158 g/mol. The molecule has 0 rings (SSSR count). The van der Waals surface area contributed by atoms with Gasteiger partial charge in [0.05, 0.1) is 6.61 Å². The first-order valence-corrected chi connectivity index (χ1v) is 3.70. The molecule has 0 saturated heterocycles. The summed E-state index contributed by atoms with van der Waals surface area (Å²) in [6.07, 6.45) is 1.45. The molecule has 0 spiro atoms. The Morgan fingerprint density at radius 1 is 1.64 bits per heavy atom. The average molecular weight is 158 g/mol. The molecule has 0 N–H and O–H groups in total. The maximum Gasteiger partial charge on any atom is 0.508 e. The minimum Gasteiger partial charge on any atom is -0.435 e. The van der Waals surface area contributed by atoms with Crippen LogP contribution in [0.3, 0.4) is 0 Å². The third-order valence-corrected chi connectivity index (χ3v) is 1.18. The van der Waals surface area contributed by atoms with Gasteiger partial charge >= 0.3 is 6.16 Å². The number of carbonyl (C=O) groups excluding carboxylic acids is 1. The minimum absolute atomic E-state index is 0.228. The molecule has 1 atom stereocenters. The van der Waals surface area contributed by atoms with E-state index in [1.165, 1.54) is 0 Å². The van der Waals surface area contributed by atoms with Gasteiger partial charge in [-0.15, -0.1) is 0 Å². The van der Waals surface area contributed by atoms with E-state index in [0.717, 1.165) is 6.42 Å². The van der Waals surface area contributed by atoms with Crippen molar-refractivity contribution in [1.82, 2.24) is 0 Å². The maximum atomic E-state index is 10.7. The Kier molecular flexibility index (Phi) is 5.25. The first-order valence-electron chi connectivity index (χ1n) is 3.70. The van der Waals surface area contributed by atoms with E-state index in [2.05, 4.69) is 11.3 Å². The van der Waals surface area contributed by atoms with Crippen LogP contribution >= 0.6 is 0 Å². The average Bonchev–Trinajstić information content (AvgIpc) is 2.01. The third kappa shape index (κ3) is 4.42. The van der Waals surface area contributed by atoms with Crippen molar-refractivity contribution in [2.45, 2.75) is 26.4 Å². The second-order valence-corrected chi connectivity index (χ2v) is 1.98. The smallest absolute Gasteiger partial charge is 0.435 e. The summed E-state index contributed by atoms with van der Waals surface area (Å²) >= 11 is 0. The highest BCUT2D eigenvalue weighted by molar-refractivity contribution is 5.60. The van der Waals surface area contributed by atoms with Gasteiger partial charge in [-0.1, -0.05) is 19.6 Å². The predicted molar refractivity (Wildman–Crippen MR) is 42.4 cm³/mol. The van der Waals surface area contributed by atoms with Crippen molar-refractivity contribution in [2.24, 2.45) is 0 Å². The van der Waals surface area contributed by atoms with Gasteiger partial charge in [0.1, 0.15) is 6.10 Å². The summed E-state index contributed by atoms with van der Waals surface area (Å²) in [5, 5.41) is 0. The zero-order valence-corrected chi connectivity index (χ0v) is 7.00. The summed E-state index contributed by atoms with van der Waals surface area (Å²) in [5.41, 5.74) is 0. The van der Waals surface area contributed by atoms with Crippen LogP contribution in [0.4, 0.5) is 4.79 Å². The van der Waals surface area contributed by atoms with E-state index in [4.69, 9.17) is 4.74 Å². The molecule has 1 unspecified atom stereocenters. The molecule has 0 aliphatic carbocycles. The van der Waals surface area contributed by atoms with E-state index in [9.17, 15) is 4.79 Å². The summed E-state index contributed by atoms with van der Waals surface area (Å²) in [5.74, 6) is 0. The second-order valence-electron chi connectivity index (χ2n) is 1.98. The van der Waals surface area contributed by atoms with Crippen LogP contribution in [0.15, 0.2) is 12.7 Å². The summed E-state index contributed by atoms with van der Waals surface area (Å²) in [6.45, 7) is 7.49. The summed E-state index contributed by atoms with van der Waals surface area (Å²) < 4.78 is 9.38. The van der Waals surface area contributed by atoms with Gasteiger partial charge in [-0.25, -0.2) is 4.79 Å². The predicted octanol–water partition coefficient (Wildman–Crippen LogP) is 2.12. The van der Waals surface area contributed by atoms with Crippen molar-refractivity contribution in [3.05, 3.63) is 12.7 Å². The van der Waals surface area contributed by atoms with Gasteiger partial charge in [-0.05, 0) is 13.3 Å². The van der Waals surface area contributed by atoms with Crippen LogP contribution in [-0.4, -0.2) is 18.9 Å². The number of hydrogen-bond acceptors (Lipinski definition) is 3. The van der Waals surface area contributed by atoms with Gasteiger partial charge in [-0.3, -0.25) is 0 Å². The van der Waals surface area contributed by atoms with Crippen LogP contribution in [0.1, 0.15) is 20.3 Å². The Labute approximate surface area is 67.0 Å². The molecule has 0 bridgehead atoms. The van der Waals surface area contributed by atoms with Crippen LogP contribution in [-0.2, 0) is 9.47 Å². The topological polar surface area (TPSA) is 35.5 Å². The Balaban J connectivity index is 3.62. The molecule has 3 heteroatoms. The molecule has 64 valence electrons. The Hall–Kier alpha value is -0.990. The molecule has 0 fully saturated rings. The summed E-state index contributed by atoms with van der Waals surface area (Å²) in [4.78, 5) is 10.7. The van der Waals surface area contributed by atoms with E-state index in [-0.39, 0.29) is 6.10 Å². The van der Waals surface area contributed by atoms with Crippen molar-refractivity contribution in [2.75, 3.05) is 6.61 Å². The normalized spacial score (nSPS) is 11.8. The van der Waals surface area contributed by atoms with Gasteiger partial charge in [-0.2, -0.15) is 0 Å². The fourth-order valence-electron chi connectivity index (χ4n) is 0.574. The van der Waals surface area contributed by atoms with Crippen molar-refractivity contribution in [3.8, 4) is 0 Å². The molecule has 0 heterocycles. The van der Waals surface area contributed by atoms with Crippen molar-refractivity contribution >= 4 is 6.16 Å². The lowest BCUT2D eigenvalue weighted by molar-refractivity contribution is 0.0397. The third-order valence-electron chi connectivity index (χ3n) is 1.18. The Morgan fingerprint density at radius 3 is 2.64 bits per heavy atom. The zero-order chi connectivity index (χ0) is 8.69.